The number of pyridine rings is 1. The molecule has 0 radical (unpaired) electrons. The van der Waals surface area contributed by atoms with Gasteiger partial charge >= 0.3 is 0 Å². The molecule has 0 aliphatic carbocycles. The highest BCUT2D eigenvalue weighted by molar-refractivity contribution is 6.20. The summed E-state index contributed by atoms with van der Waals surface area (Å²) in [6.07, 6.45) is 0. The van der Waals surface area contributed by atoms with Crippen molar-refractivity contribution in [2.75, 3.05) is 0 Å². The molecule has 0 unspecified atom stereocenters. The first-order chi connectivity index (χ1) is 23.5. The first kappa shape index (κ1) is 28.6. The minimum atomic E-state index is -1.51. The summed E-state index contributed by atoms with van der Waals surface area (Å²) in [5.74, 6) is -4.20. The zero-order valence-corrected chi connectivity index (χ0v) is 24.8. The fourth-order valence-corrected chi connectivity index (χ4v) is 6.07. The number of halogens is 3. The van der Waals surface area contributed by atoms with Crippen molar-refractivity contribution < 1.29 is 13.2 Å². The summed E-state index contributed by atoms with van der Waals surface area (Å²) in [6, 6.07) is 38.5. The van der Waals surface area contributed by atoms with Gasteiger partial charge in [0.05, 0.1) is 22.5 Å². The maximum absolute atomic E-state index is 15.0. The molecule has 8 rings (SSSR count). The summed E-state index contributed by atoms with van der Waals surface area (Å²) in [7, 11) is 0. The Hall–Kier alpha value is -6.84. The molecule has 0 N–H and O–H groups in total. The molecule has 0 saturated carbocycles. The Kier molecular flexibility index (Phi) is 6.68. The maximum Gasteiger partial charge on any atom is 0.164 e. The van der Waals surface area contributed by atoms with E-state index in [9.17, 15) is 23.7 Å². The summed E-state index contributed by atoms with van der Waals surface area (Å²) in [5.41, 5.74) is 3.90. The minimum Gasteiger partial charge on any atom is -0.247 e. The standard InChI is InChI=1S/C39H19F3N6/c40-35-29(20-43)36(41)33(37(42)30(35)21-44)24-14-10-22(11-15-24)23-12-16-25(17-13-23)38-28-18-19-32-39(34(28)27-8-4-5-9-31(27)45-38)47-48(46-32)26-6-2-1-3-7-26/h1-19H. The van der Waals surface area contributed by atoms with Crippen molar-refractivity contribution in [2.24, 2.45) is 0 Å². The van der Waals surface area contributed by atoms with Gasteiger partial charge in [0.2, 0.25) is 0 Å². The lowest BCUT2D eigenvalue weighted by Crippen LogP contribution is -2.03. The van der Waals surface area contributed by atoms with Gasteiger partial charge in [-0.05, 0) is 47.0 Å². The third-order valence-corrected chi connectivity index (χ3v) is 8.41. The molecular weight excluding hydrogens is 609 g/mol. The molecule has 0 atom stereocenters. The Balaban J connectivity index is 1.20. The van der Waals surface area contributed by atoms with Crippen LogP contribution >= 0.6 is 0 Å². The van der Waals surface area contributed by atoms with Gasteiger partial charge < -0.3 is 0 Å². The van der Waals surface area contributed by atoms with Crippen LogP contribution in [0.4, 0.5) is 13.2 Å². The van der Waals surface area contributed by atoms with E-state index in [4.69, 9.17) is 15.2 Å². The van der Waals surface area contributed by atoms with E-state index in [0.717, 1.165) is 60.8 Å². The smallest absolute Gasteiger partial charge is 0.164 e. The molecule has 0 aliphatic heterocycles. The molecule has 9 heteroatoms. The van der Waals surface area contributed by atoms with E-state index in [2.05, 4.69) is 0 Å². The van der Waals surface area contributed by atoms with Gasteiger partial charge in [0, 0.05) is 21.7 Å². The Morgan fingerprint density at radius 1 is 0.521 bits per heavy atom. The van der Waals surface area contributed by atoms with Crippen LogP contribution in [0.1, 0.15) is 11.1 Å². The number of fused-ring (bicyclic) bond motifs is 5. The largest absolute Gasteiger partial charge is 0.247 e. The van der Waals surface area contributed by atoms with Gasteiger partial charge in [0.25, 0.3) is 0 Å². The van der Waals surface area contributed by atoms with Crippen LogP contribution in [-0.4, -0.2) is 20.0 Å². The average Bonchev–Trinajstić information content (AvgIpc) is 3.57. The highest BCUT2D eigenvalue weighted by atomic mass is 19.1. The summed E-state index contributed by atoms with van der Waals surface area (Å²) in [6.45, 7) is 0. The molecule has 0 fully saturated rings. The number of benzene rings is 6. The lowest BCUT2D eigenvalue weighted by atomic mass is 9.95. The van der Waals surface area contributed by atoms with E-state index in [-0.39, 0.29) is 5.56 Å². The Labute approximate surface area is 271 Å². The molecule has 0 bridgehead atoms. The number of para-hydroxylation sites is 2. The number of nitriles is 2. The van der Waals surface area contributed by atoms with Crippen LogP contribution in [0.25, 0.3) is 71.9 Å². The summed E-state index contributed by atoms with van der Waals surface area (Å²) in [5, 5.41) is 30.9. The van der Waals surface area contributed by atoms with Crippen LogP contribution in [-0.2, 0) is 0 Å². The molecule has 2 aromatic heterocycles. The Morgan fingerprint density at radius 2 is 1.10 bits per heavy atom. The number of hydrogen-bond acceptors (Lipinski definition) is 5. The normalized spacial score (nSPS) is 11.2. The molecule has 2 heterocycles. The highest BCUT2D eigenvalue weighted by Gasteiger charge is 2.26. The lowest BCUT2D eigenvalue weighted by molar-refractivity contribution is 0.539. The molecule has 0 amide bonds. The molecular formula is C39H19F3N6. The predicted octanol–water partition coefficient (Wildman–Crippen LogP) is 9.28. The molecule has 6 aromatic carbocycles. The third kappa shape index (κ3) is 4.45. The maximum atomic E-state index is 15.0. The van der Waals surface area contributed by atoms with E-state index in [1.54, 1.807) is 16.9 Å². The van der Waals surface area contributed by atoms with Crippen molar-refractivity contribution in [2.45, 2.75) is 0 Å². The first-order valence-corrected chi connectivity index (χ1v) is 14.8. The van der Waals surface area contributed by atoms with Crippen LogP contribution in [0, 0.1) is 40.1 Å². The molecule has 6 nitrogen and oxygen atoms in total. The zero-order valence-electron chi connectivity index (χ0n) is 24.8. The van der Waals surface area contributed by atoms with Crippen LogP contribution in [0.2, 0.25) is 0 Å². The van der Waals surface area contributed by atoms with E-state index >= 15 is 0 Å². The number of hydrogen-bond donors (Lipinski definition) is 0. The fraction of sp³-hybridized carbons (Fsp3) is 0. The monoisotopic (exact) mass is 628 g/mol. The second-order valence-corrected chi connectivity index (χ2v) is 11.1. The van der Waals surface area contributed by atoms with Crippen LogP contribution in [0.15, 0.2) is 115 Å². The highest BCUT2D eigenvalue weighted by Crippen LogP contribution is 2.38. The topological polar surface area (TPSA) is 91.2 Å². The SMILES string of the molecule is N#Cc1c(F)c(C#N)c(F)c(-c2ccc(-c3ccc(-c4nc5ccccc5c5c4ccc4nn(-c6ccccc6)nc45)cc3)cc2)c1F. The van der Waals surface area contributed by atoms with E-state index in [1.165, 1.54) is 24.3 Å². The quantitative estimate of drug-likeness (QED) is 0.181. The van der Waals surface area contributed by atoms with Crippen LogP contribution in [0.3, 0.4) is 0 Å². The average molecular weight is 629 g/mol. The second-order valence-electron chi connectivity index (χ2n) is 11.1. The number of aromatic nitrogens is 4. The van der Waals surface area contributed by atoms with Gasteiger partial charge in [-0.2, -0.15) is 15.3 Å². The minimum absolute atomic E-state index is 0.0701. The Bertz CT molecular complexity index is 2610. The number of nitrogens with zero attached hydrogens (tertiary/aromatic N) is 6. The van der Waals surface area contributed by atoms with Gasteiger partial charge in [-0.3, -0.25) is 0 Å². The van der Waals surface area contributed by atoms with Gasteiger partial charge in [-0.15, -0.1) is 10.2 Å². The van der Waals surface area contributed by atoms with Crippen molar-refractivity contribution in [1.29, 1.82) is 10.5 Å². The molecule has 48 heavy (non-hydrogen) atoms. The van der Waals surface area contributed by atoms with Crippen LogP contribution < -0.4 is 0 Å². The Morgan fingerprint density at radius 3 is 1.75 bits per heavy atom. The van der Waals surface area contributed by atoms with Gasteiger partial charge in [0.1, 0.15) is 34.3 Å². The van der Waals surface area contributed by atoms with Gasteiger partial charge in [0.15, 0.2) is 17.5 Å². The second kappa shape index (κ2) is 11.2. The van der Waals surface area contributed by atoms with Crippen molar-refractivity contribution in [1.82, 2.24) is 20.0 Å². The third-order valence-electron chi connectivity index (χ3n) is 8.41. The summed E-state index contributed by atoms with van der Waals surface area (Å²) >= 11 is 0. The molecule has 8 aromatic rings. The van der Waals surface area contributed by atoms with Crippen molar-refractivity contribution in [3.05, 3.63) is 144 Å². The van der Waals surface area contributed by atoms with Crippen molar-refractivity contribution >= 4 is 32.7 Å². The van der Waals surface area contributed by atoms with Crippen LogP contribution in [0.5, 0.6) is 0 Å². The zero-order chi connectivity index (χ0) is 32.9. The summed E-state index contributed by atoms with van der Waals surface area (Å²) < 4.78 is 44.2. The molecule has 0 aliphatic rings. The number of rotatable bonds is 4. The fourth-order valence-electron chi connectivity index (χ4n) is 6.07. The lowest BCUT2D eigenvalue weighted by Gasteiger charge is -2.12. The van der Waals surface area contributed by atoms with Gasteiger partial charge in [-0.25, -0.2) is 18.2 Å². The summed E-state index contributed by atoms with van der Waals surface area (Å²) in [4.78, 5) is 6.69. The van der Waals surface area contributed by atoms with Crippen molar-refractivity contribution in [3.63, 3.8) is 0 Å². The molecule has 0 saturated heterocycles. The van der Waals surface area contributed by atoms with Crippen molar-refractivity contribution in [3.8, 4) is 51.3 Å². The first-order valence-electron chi connectivity index (χ1n) is 14.8. The molecule has 226 valence electrons. The van der Waals surface area contributed by atoms with Gasteiger partial charge in [-0.1, -0.05) is 84.9 Å². The van der Waals surface area contributed by atoms with E-state index in [0.29, 0.717) is 0 Å². The predicted molar refractivity (Wildman–Crippen MR) is 177 cm³/mol. The van der Waals surface area contributed by atoms with E-state index < -0.39 is 34.1 Å². The molecule has 0 spiro atoms. The van der Waals surface area contributed by atoms with E-state index in [1.807, 2.05) is 91.0 Å².